The Balaban J connectivity index is 2.97. The first-order chi connectivity index (χ1) is 8.61. The first-order valence-electron chi connectivity index (χ1n) is 5.92. The third-order valence-electron chi connectivity index (χ3n) is 2.69. The van der Waals surface area contributed by atoms with Crippen molar-refractivity contribution >= 4 is 27.8 Å². The van der Waals surface area contributed by atoms with Gasteiger partial charge in [0.05, 0.1) is 0 Å². The highest BCUT2D eigenvalue weighted by molar-refractivity contribution is 9.10. The SMILES string of the molecule is Cc1cc(Br)cc(C(=O)NC(C(=O)O)C(C)(C)C)c1. The van der Waals surface area contributed by atoms with Crippen molar-refractivity contribution in [1.29, 1.82) is 0 Å². The van der Waals surface area contributed by atoms with E-state index in [0.29, 0.717) is 5.56 Å². The molecule has 5 heteroatoms. The Morgan fingerprint density at radius 2 is 1.84 bits per heavy atom. The summed E-state index contributed by atoms with van der Waals surface area (Å²) in [6.45, 7) is 7.20. The fourth-order valence-corrected chi connectivity index (χ4v) is 2.34. The van der Waals surface area contributed by atoms with Crippen molar-refractivity contribution in [1.82, 2.24) is 5.32 Å². The van der Waals surface area contributed by atoms with Crippen LogP contribution in [0.3, 0.4) is 0 Å². The molecule has 0 heterocycles. The Bertz CT molecular complexity index is 486. The Morgan fingerprint density at radius 1 is 1.26 bits per heavy atom. The minimum atomic E-state index is -1.03. The number of hydrogen-bond donors (Lipinski definition) is 2. The van der Waals surface area contributed by atoms with Crippen LogP contribution in [0.1, 0.15) is 36.7 Å². The molecule has 0 fully saturated rings. The van der Waals surface area contributed by atoms with Gasteiger partial charge in [0, 0.05) is 10.0 Å². The summed E-state index contributed by atoms with van der Waals surface area (Å²) in [5.41, 5.74) is 0.826. The minimum Gasteiger partial charge on any atom is -0.480 e. The van der Waals surface area contributed by atoms with Gasteiger partial charge >= 0.3 is 5.97 Å². The van der Waals surface area contributed by atoms with Crippen LogP contribution in [-0.4, -0.2) is 23.0 Å². The third-order valence-corrected chi connectivity index (χ3v) is 3.15. The summed E-state index contributed by atoms with van der Waals surface area (Å²) in [5.74, 6) is -1.42. The van der Waals surface area contributed by atoms with Crippen molar-refractivity contribution in [3.63, 3.8) is 0 Å². The number of carbonyl (C=O) groups is 2. The van der Waals surface area contributed by atoms with Gasteiger partial charge in [0.2, 0.25) is 0 Å². The van der Waals surface area contributed by atoms with Gasteiger partial charge < -0.3 is 10.4 Å². The molecule has 0 saturated carbocycles. The number of nitrogens with one attached hydrogen (secondary N) is 1. The van der Waals surface area contributed by atoms with Crippen molar-refractivity contribution in [3.05, 3.63) is 33.8 Å². The van der Waals surface area contributed by atoms with E-state index in [4.69, 9.17) is 0 Å². The Morgan fingerprint density at radius 3 is 2.26 bits per heavy atom. The highest BCUT2D eigenvalue weighted by atomic mass is 79.9. The second kappa shape index (κ2) is 5.74. The molecule has 0 aliphatic rings. The molecule has 19 heavy (non-hydrogen) atoms. The van der Waals surface area contributed by atoms with E-state index in [0.717, 1.165) is 10.0 Å². The molecule has 0 aliphatic carbocycles. The average Bonchev–Trinajstić information content (AvgIpc) is 2.21. The molecule has 0 bridgehead atoms. The van der Waals surface area contributed by atoms with Crippen LogP contribution in [0.25, 0.3) is 0 Å². The maximum absolute atomic E-state index is 12.1. The van der Waals surface area contributed by atoms with Crippen LogP contribution in [0.2, 0.25) is 0 Å². The van der Waals surface area contributed by atoms with Crippen LogP contribution in [0.15, 0.2) is 22.7 Å². The van der Waals surface area contributed by atoms with E-state index >= 15 is 0 Å². The summed E-state index contributed by atoms with van der Waals surface area (Å²) in [7, 11) is 0. The van der Waals surface area contributed by atoms with Crippen LogP contribution < -0.4 is 5.32 Å². The molecule has 0 radical (unpaired) electrons. The van der Waals surface area contributed by atoms with Gasteiger partial charge in [0.1, 0.15) is 6.04 Å². The van der Waals surface area contributed by atoms with Gasteiger partial charge in [-0.15, -0.1) is 0 Å². The predicted octanol–water partition coefficient (Wildman–Crippen LogP) is 2.99. The van der Waals surface area contributed by atoms with Gasteiger partial charge in [0.15, 0.2) is 0 Å². The normalized spacial score (nSPS) is 12.9. The molecular weight excluding hydrogens is 310 g/mol. The number of halogens is 1. The quantitative estimate of drug-likeness (QED) is 0.896. The van der Waals surface area contributed by atoms with Gasteiger partial charge in [-0.3, -0.25) is 4.79 Å². The second-order valence-electron chi connectivity index (χ2n) is 5.63. The molecule has 1 unspecified atom stereocenters. The number of carbonyl (C=O) groups excluding carboxylic acids is 1. The summed E-state index contributed by atoms with van der Waals surface area (Å²) in [5, 5.41) is 11.8. The Kier molecular flexibility index (Phi) is 4.74. The highest BCUT2D eigenvalue weighted by Crippen LogP contribution is 2.21. The van der Waals surface area contributed by atoms with E-state index in [-0.39, 0.29) is 5.91 Å². The molecule has 0 spiro atoms. The molecule has 1 rings (SSSR count). The molecule has 1 aromatic rings. The minimum absolute atomic E-state index is 0.383. The van der Waals surface area contributed by atoms with Gasteiger partial charge in [-0.25, -0.2) is 4.79 Å². The molecule has 4 nitrogen and oxygen atoms in total. The van der Waals surface area contributed by atoms with Crippen LogP contribution in [0, 0.1) is 12.3 Å². The third kappa shape index (κ3) is 4.35. The molecule has 1 aromatic carbocycles. The number of amides is 1. The van der Waals surface area contributed by atoms with Crippen molar-refractivity contribution in [2.45, 2.75) is 33.7 Å². The van der Waals surface area contributed by atoms with E-state index < -0.39 is 17.4 Å². The zero-order valence-electron chi connectivity index (χ0n) is 11.5. The average molecular weight is 328 g/mol. The molecule has 104 valence electrons. The van der Waals surface area contributed by atoms with Crippen LogP contribution in [-0.2, 0) is 4.79 Å². The zero-order chi connectivity index (χ0) is 14.8. The highest BCUT2D eigenvalue weighted by Gasteiger charge is 2.32. The fraction of sp³-hybridized carbons (Fsp3) is 0.429. The van der Waals surface area contributed by atoms with Gasteiger partial charge in [-0.1, -0.05) is 36.7 Å². The molecule has 1 amide bonds. The van der Waals surface area contributed by atoms with Crippen molar-refractivity contribution in [3.8, 4) is 0 Å². The topological polar surface area (TPSA) is 66.4 Å². The van der Waals surface area contributed by atoms with Crippen molar-refractivity contribution < 1.29 is 14.7 Å². The summed E-state index contributed by atoms with van der Waals surface area (Å²) >= 11 is 3.32. The zero-order valence-corrected chi connectivity index (χ0v) is 13.0. The number of aliphatic carboxylic acids is 1. The largest absolute Gasteiger partial charge is 0.480 e. The van der Waals surface area contributed by atoms with Gasteiger partial charge in [-0.2, -0.15) is 0 Å². The Labute approximate surface area is 121 Å². The van der Waals surface area contributed by atoms with E-state index in [1.54, 1.807) is 32.9 Å². The number of hydrogen-bond acceptors (Lipinski definition) is 2. The lowest BCUT2D eigenvalue weighted by atomic mass is 9.86. The molecular formula is C14H18BrNO3. The smallest absolute Gasteiger partial charge is 0.326 e. The lowest BCUT2D eigenvalue weighted by Crippen LogP contribution is -2.49. The maximum atomic E-state index is 12.1. The van der Waals surface area contributed by atoms with E-state index in [1.807, 2.05) is 13.0 Å². The van der Waals surface area contributed by atoms with Crippen LogP contribution in [0.5, 0.6) is 0 Å². The lowest BCUT2D eigenvalue weighted by molar-refractivity contribution is -0.142. The van der Waals surface area contributed by atoms with E-state index in [9.17, 15) is 14.7 Å². The molecule has 0 aromatic heterocycles. The first-order valence-corrected chi connectivity index (χ1v) is 6.71. The van der Waals surface area contributed by atoms with Crippen LogP contribution in [0.4, 0.5) is 0 Å². The first kappa shape index (κ1) is 15.7. The predicted molar refractivity (Wildman–Crippen MR) is 77.2 cm³/mol. The standard InChI is InChI=1S/C14H18BrNO3/c1-8-5-9(7-10(15)6-8)12(17)16-11(13(18)19)14(2,3)4/h5-7,11H,1-4H3,(H,16,17)(H,18,19). The Hall–Kier alpha value is -1.36. The number of carboxylic acid groups (broad SMARTS) is 1. The summed E-state index contributed by atoms with van der Waals surface area (Å²) in [6.07, 6.45) is 0. The van der Waals surface area contributed by atoms with Gasteiger partial charge in [0.25, 0.3) is 5.91 Å². The van der Waals surface area contributed by atoms with Gasteiger partial charge in [-0.05, 0) is 36.1 Å². The molecule has 1 atom stereocenters. The van der Waals surface area contributed by atoms with Crippen LogP contribution >= 0.6 is 15.9 Å². The lowest BCUT2D eigenvalue weighted by Gasteiger charge is -2.27. The fourth-order valence-electron chi connectivity index (χ4n) is 1.73. The summed E-state index contributed by atoms with van der Waals surface area (Å²) < 4.78 is 0.792. The van der Waals surface area contributed by atoms with E-state index in [1.165, 1.54) is 0 Å². The number of carboxylic acids is 1. The molecule has 0 saturated heterocycles. The van der Waals surface area contributed by atoms with Crippen molar-refractivity contribution in [2.24, 2.45) is 5.41 Å². The second-order valence-corrected chi connectivity index (χ2v) is 6.54. The number of aryl methyl sites for hydroxylation is 1. The number of rotatable bonds is 3. The van der Waals surface area contributed by atoms with E-state index in [2.05, 4.69) is 21.2 Å². The maximum Gasteiger partial charge on any atom is 0.326 e. The summed E-state index contributed by atoms with van der Waals surface area (Å²) in [6, 6.07) is 4.35. The molecule has 0 aliphatic heterocycles. The monoisotopic (exact) mass is 327 g/mol. The summed E-state index contributed by atoms with van der Waals surface area (Å²) in [4.78, 5) is 23.3. The number of benzene rings is 1. The molecule has 2 N–H and O–H groups in total. The van der Waals surface area contributed by atoms with Crippen molar-refractivity contribution in [2.75, 3.05) is 0 Å².